The highest BCUT2D eigenvalue weighted by Crippen LogP contribution is 2.21. The van der Waals surface area contributed by atoms with Gasteiger partial charge in [-0.3, -0.25) is 5.43 Å². The Balaban J connectivity index is 1.97. The van der Waals surface area contributed by atoms with Gasteiger partial charge in [-0.05, 0) is 30.8 Å². The number of nitrogens with zero attached hydrogens (tertiary/aromatic N) is 2. The van der Waals surface area contributed by atoms with E-state index in [1.54, 1.807) is 6.21 Å². The lowest BCUT2D eigenvalue weighted by Gasteiger charge is -2.06. The molecular formula is C18H18N4S. The number of aromatic nitrogens is 1. The number of para-hydroxylation sites is 1. The number of hydrogen-bond acceptors (Lipinski definition) is 2. The molecular weight excluding hydrogens is 304 g/mol. The molecule has 0 aliphatic carbocycles. The summed E-state index contributed by atoms with van der Waals surface area (Å²) in [5.41, 5.74) is 12.7. The van der Waals surface area contributed by atoms with Crippen LogP contribution in [0.15, 0.2) is 59.8 Å². The van der Waals surface area contributed by atoms with Gasteiger partial charge >= 0.3 is 0 Å². The zero-order valence-electron chi connectivity index (χ0n) is 12.9. The second-order valence-corrected chi connectivity index (χ2v) is 5.89. The van der Waals surface area contributed by atoms with Crippen LogP contribution in [-0.2, 0) is 6.54 Å². The number of benzene rings is 2. The Hall–Kier alpha value is -2.66. The average Bonchev–Trinajstić information content (AvgIpc) is 2.85. The van der Waals surface area contributed by atoms with E-state index in [0.717, 1.165) is 17.5 Å². The fraction of sp³-hybridized carbons (Fsp3) is 0.111. The summed E-state index contributed by atoms with van der Waals surface area (Å²) < 4.78 is 2.23. The summed E-state index contributed by atoms with van der Waals surface area (Å²) in [5, 5.41) is 5.38. The quantitative estimate of drug-likeness (QED) is 0.441. The van der Waals surface area contributed by atoms with E-state index in [1.165, 1.54) is 16.6 Å². The van der Waals surface area contributed by atoms with E-state index < -0.39 is 0 Å². The van der Waals surface area contributed by atoms with Crippen LogP contribution in [0.1, 0.15) is 16.7 Å². The third-order valence-corrected chi connectivity index (χ3v) is 3.72. The molecule has 0 saturated carbocycles. The predicted octanol–water partition coefficient (Wildman–Crippen LogP) is 3.17. The van der Waals surface area contributed by atoms with Crippen LogP contribution < -0.4 is 11.2 Å². The molecule has 3 N–H and O–H groups in total. The molecule has 0 aliphatic heterocycles. The van der Waals surface area contributed by atoms with Crippen molar-refractivity contribution in [2.75, 3.05) is 0 Å². The molecule has 0 saturated heterocycles. The number of aryl methyl sites for hydroxylation is 1. The maximum Gasteiger partial charge on any atom is 0.184 e. The first-order valence-corrected chi connectivity index (χ1v) is 7.76. The first-order valence-electron chi connectivity index (χ1n) is 7.35. The predicted molar refractivity (Wildman–Crippen MR) is 99.7 cm³/mol. The molecule has 5 heteroatoms. The third kappa shape index (κ3) is 3.57. The number of fused-ring (bicyclic) bond motifs is 1. The summed E-state index contributed by atoms with van der Waals surface area (Å²) in [5.74, 6) is 0. The van der Waals surface area contributed by atoms with Gasteiger partial charge in [0.1, 0.15) is 0 Å². The smallest absolute Gasteiger partial charge is 0.184 e. The number of hydrazone groups is 1. The molecule has 0 unspecified atom stereocenters. The Bertz CT molecular complexity index is 880. The Morgan fingerprint density at radius 3 is 2.87 bits per heavy atom. The van der Waals surface area contributed by atoms with Crippen LogP contribution in [-0.4, -0.2) is 15.9 Å². The molecule has 0 fully saturated rings. The molecule has 0 radical (unpaired) electrons. The van der Waals surface area contributed by atoms with E-state index in [-0.39, 0.29) is 5.11 Å². The fourth-order valence-corrected chi connectivity index (χ4v) is 2.73. The minimum atomic E-state index is 0.157. The van der Waals surface area contributed by atoms with Crippen LogP contribution >= 0.6 is 12.2 Å². The largest absolute Gasteiger partial charge is 0.375 e. The maximum atomic E-state index is 5.39. The van der Waals surface area contributed by atoms with Crippen molar-refractivity contribution in [3.63, 3.8) is 0 Å². The molecule has 2 aromatic carbocycles. The van der Waals surface area contributed by atoms with E-state index in [4.69, 9.17) is 18.0 Å². The van der Waals surface area contributed by atoms with Crippen molar-refractivity contribution >= 4 is 34.4 Å². The van der Waals surface area contributed by atoms with Crippen molar-refractivity contribution in [3.8, 4) is 0 Å². The SMILES string of the molecule is Cc1cccc(Cn2cc(/C=N/NC(N)=S)c3ccccc32)c1. The molecule has 23 heavy (non-hydrogen) atoms. The summed E-state index contributed by atoms with van der Waals surface area (Å²) in [6.45, 7) is 2.93. The van der Waals surface area contributed by atoms with Crippen LogP contribution in [0.25, 0.3) is 10.9 Å². The first kappa shape index (κ1) is 15.2. The molecule has 1 heterocycles. The molecule has 0 aliphatic rings. The van der Waals surface area contributed by atoms with Crippen molar-refractivity contribution in [1.29, 1.82) is 0 Å². The third-order valence-electron chi connectivity index (χ3n) is 3.63. The van der Waals surface area contributed by atoms with Gasteiger partial charge in [0.05, 0.1) is 6.21 Å². The lowest BCUT2D eigenvalue weighted by Crippen LogP contribution is -2.23. The highest BCUT2D eigenvalue weighted by Gasteiger charge is 2.07. The van der Waals surface area contributed by atoms with Crippen molar-refractivity contribution in [2.45, 2.75) is 13.5 Å². The fourth-order valence-electron chi connectivity index (χ4n) is 2.68. The molecule has 1 aromatic heterocycles. The Kier molecular flexibility index (Phi) is 4.39. The molecule has 116 valence electrons. The van der Waals surface area contributed by atoms with Crippen molar-refractivity contribution in [3.05, 3.63) is 71.4 Å². The van der Waals surface area contributed by atoms with Gasteiger partial charge in [-0.1, -0.05) is 48.0 Å². The second-order valence-electron chi connectivity index (χ2n) is 5.45. The summed E-state index contributed by atoms with van der Waals surface area (Å²) in [7, 11) is 0. The van der Waals surface area contributed by atoms with E-state index >= 15 is 0 Å². The second kappa shape index (κ2) is 6.62. The van der Waals surface area contributed by atoms with Crippen LogP contribution in [0.2, 0.25) is 0 Å². The molecule has 4 nitrogen and oxygen atoms in total. The zero-order chi connectivity index (χ0) is 16.2. The molecule has 0 spiro atoms. The molecule has 3 aromatic rings. The topological polar surface area (TPSA) is 55.3 Å². The summed E-state index contributed by atoms with van der Waals surface area (Å²) in [6.07, 6.45) is 3.84. The van der Waals surface area contributed by atoms with Gasteiger partial charge in [0.2, 0.25) is 0 Å². The van der Waals surface area contributed by atoms with Crippen molar-refractivity contribution in [1.82, 2.24) is 9.99 Å². The lowest BCUT2D eigenvalue weighted by atomic mass is 10.1. The minimum absolute atomic E-state index is 0.157. The molecule has 0 bridgehead atoms. The highest BCUT2D eigenvalue weighted by atomic mass is 32.1. The average molecular weight is 322 g/mol. The van der Waals surface area contributed by atoms with Gasteiger partial charge in [0.15, 0.2) is 5.11 Å². The van der Waals surface area contributed by atoms with Gasteiger partial charge in [-0.25, -0.2) is 0 Å². The number of thiocarbonyl (C=S) groups is 1. The van der Waals surface area contributed by atoms with Crippen molar-refractivity contribution < 1.29 is 0 Å². The zero-order valence-corrected chi connectivity index (χ0v) is 13.7. The monoisotopic (exact) mass is 322 g/mol. The van der Waals surface area contributed by atoms with E-state index in [2.05, 4.69) is 64.6 Å². The van der Waals surface area contributed by atoms with Gasteiger partial charge in [-0.2, -0.15) is 5.10 Å². The minimum Gasteiger partial charge on any atom is -0.375 e. The van der Waals surface area contributed by atoms with E-state index in [9.17, 15) is 0 Å². The van der Waals surface area contributed by atoms with Gasteiger partial charge in [-0.15, -0.1) is 0 Å². The molecule has 0 atom stereocenters. The van der Waals surface area contributed by atoms with Crippen LogP contribution in [0, 0.1) is 6.92 Å². The highest BCUT2D eigenvalue weighted by molar-refractivity contribution is 7.80. The lowest BCUT2D eigenvalue weighted by molar-refractivity contribution is 0.835. The van der Waals surface area contributed by atoms with Crippen LogP contribution in [0.4, 0.5) is 0 Å². The Morgan fingerprint density at radius 1 is 1.26 bits per heavy atom. The standard InChI is InChI=1S/C18H18N4S/c1-13-5-4-6-14(9-13)11-22-12-15(10-20-21-18(19)23)16-7-2-3-8-17(16)22/h2-10,12H,11H2,1H3,(H3,19,21,23)/b20-10+. The van der Waals surface area contributed by atoms with Gasteiger partial charge in [0.25, 0.3) is 0 Å². The van der Waals surface area contributed by atoms with Crippen LogP contribution in [0.5, 0.6) is 0 Å². The number of hydrogen-bond donors (Lipinski definition) is 2. The maximum absolute atomic E-state index is 5.39. The van der Waals surface area contributed by atoms with Crippen molar-refractivity contribution in [2.24, 2.45) is 10.8 Å². The summed E-state index contributed by atoms with van der Waals surface area (Å²) >= 11 is 4.76. The summed E-state index contributed by atoms with van der Waals surface area (Å²) in [6, 6.07) is 16.8. The van der Waals surface area contributed by atoms with Gasteiger partial charge < -0.3 is 10.3 Å². The first-order chi connectivity index (χ1) is 11.1. The normalized spacial score (nSPS) is 11.2. The van der Waals surface area contributed by atoms with E-state index in [0.29, 0.717) is 0 Å². The summed E-state index contributed by atoms with van der Waals surface area (Å²) in [4.78, 5) is 0. The number of rotatable bonds is 4. The number of nitrogens with two attached hydrogens (primary N) is 1. The molecule has 3 rings (SSSR count). The van der Waals surface area contributed by atoms with E-state index in [1.807, 2.05) is 12.1 Å². The van der Waals surface area contributed by atoms with Gasteiger partial charge in [0, 0.05) is 29.2 Å². The van der Waals surface area contributed by atoms with Crippen LogP contribution in [0.3, 0.4) is 0 Å². The Morgan fingerprint density at radius 2 is 2.09 bits per heavy atom. The number of nitrogens with one attached hydrogen (secondary N) is 1. The molecule has 0 amide bonds. The Labute approximate surface area is 140 Å².